The normalized spacial score (nSPS) is 11.4. The fourth-order valence-corrected chi connectivity index (χ4v) is 2.26. The molecule has 0 amide bonds. The molecule has 2 N–H and O–H groups in total. The molecule has 2 heterocycles. The van der Waals surface area contributed by atoms with Gasteiger partial charge < -0.3 is 15.2 Å². The summed E-state index contributed by atoms with van der Waals surface area (Å²) in [5.74, 6) is 0.925. The summed E-state index contributed by atoms with van der Waals surface area (Å²) in [7, 11) is 0. The molecule has 104 valence electrons. The molecule has 0 aliphatic carbocycles. The van der Waals surface area contributed by atoms with Gasteiger partial charge in [-0.05, 0) is 39.0 Å². The Kier molecular flexibility index (Phi) is 4.74. The van der Waals surface area contributed by atoms with E-state index in [1.54, 1.807) is 6.33 Å². The Bertz CT molecular complexity index is 516. The molecule has 0 saturated carbocycles. The fourth-order valence-electron chi connectivity index (χ4n) is 2.26. The molecule has 5 heteroatoms. The number of aromatic amines is 1. The molecule has 19 heavy (non-hydrogen) atoms. The van der Waals surface area contributed by atoms with Gasteiger partial charge in [-0.25, -0.2) is 9.97 Å². The van der Waals surface area contributed by atoms with Crippen LogP contribution in [0.5, 0.6) is 0 Å². The molecule has 0 aliphatic rings. The molecule has 0 radical (unpaired) electrons. The van der Waals surface area contributed by atoms with Crippen molar-refractivity contribution in [2.24, 2.45) is 0 Å². The fraction of sp³-hybridized carbons (Fsp3) is 0.571. The van der Waals surface area contributed by atoms with E-state index in [4.69, 9.17) is 0 Å². The Balaban J connectivity index is 1.91. The number of nitrogens with zero attached hydrogens (tertiary/aromatic N) is 3. The van der Waals surface area contributed by atoms with Gasteiger partial charge in [-0.15, -0.1) is 0 Å². The first-order valence-corrected chi connectivity index (χ1v) is 7.01. The van der Waals surface area contributed by atoms with Gasteiger partial charge in [0.15, 0.2) is 0 Å². The molecule has 2 aromatic rings. The maximum Gasteiger partial charge on any atom is 0.143 e. The molecule has 5 nitrogen and oxygen atoms in total. The van der Waals surface area contributed by atoms with Crippen molar-refractivity contribution >= 4 is 16.9 Å². The molecular weight excluding hydrogens is 238 g/mol. The van der Waals surface area contributed by atoms with Crippen LogP contribution in [0.4, 0.5) is 5.82 Å². The van der Waals surface area contributed by atoms with Crippen LogP contribution in [0.1, 0.15) is 26.0 Å². The predicted octanol–water partition coefficient (Wildman–Crippen LogP) is 2.41. The number of nitrogens with one attached hydrogen (secondary N) is 2. The van der Waals surface area contributed by atoms with Gasteiger partial charge in [-0.1, -0.05) is 13.8 Å². The van der Waals surface area contributed by atoms with E-state index in [1.165, 1.54) is 0 Å². The molecule has 0 aliphatic heterocycles. The van der Waals surface area contributed by atoms with Gasteiger partial charge in [0.05, 0.1) is 5.39 Å². The molecule has 0 bridgehead atoms. The number of rotatable bonds is 7. The second kappa shape index (κ2) is 6.52. The summed E-state index contributed by atoms with van der Waals surface area (Å²) < 4.78 is 0. The molecule has 0 fully saturated rings. The minimum atomic E-state index is 0.902. The van der Waals surface area contributed by atoms with E-state index in [-0.39, 0.29) is 0 Å². The van der Waals surface area contributed by atoms with Crippen molar-refractivity contribution in [1.82, 2.24) is 19.9 Å². The van der Waals surface area contributed by atoms with Crippen LogP contribution in [0.15, 0.2) is 12.4 Å². The molecule has 0 unspecified atom stereocenters. The Morgan fingerprint density at radius 2 is 2.05 bits per heavy atom. The topological polar surface area (TPSA) is 56.8 Å². The standard InChI is InChI=1S/C14H23N5/c1-4-19(5-2)8-6-7-15-13-12-9-11(3)18-14(12)17-10-16-13/h9-10H,4-8H2,1-3H3,(H2,15,16,17,18). The third-order valence-electron chi connectivity index (χ3n) is 3.40. The van der Waals surface area contributed by atoms with Crippen LogP contribution < -0.4 is 5.32 Å². The van der Waals surface area contributed by atoms with Crippen LogP contribution in [0.25, 0.3) is 11.0 Å². The summed E-state index contributed by atoms with van der Waals surface area (Å²) in [5.41, 5.74) is 2.01. The van der Waals surface area contributed by atoms with Crippen LogP contribution >= 0.6 is 0 Å². The molecule has 0 saturated heterocycles. The maximum atomic E-state index is 4.32. The van der Waals surface area contributed by atoms with Crippen LogP contribution in [0, 0.1) is 6.92 Å². The lowest BCUT2D eigenvalue weighted by molar-refractivity contribution is 0.303. The third kappa shape index (κ3) is 3.44. The van der Waals surface area contributed by atoms with E-state index in [0.29, 0.717) is 0 Å². The van der Waals surface area contributed by atoms with Crippen LogP contribution in [0.2, 0.25) is 0 Å². The monoisotopic (exact) mass is 261 g/mol. The van der Waals surface area contributed by atoms with Crippen molar-refractivity contribution in [1.29, 1.82) is 0 Å². The molecule has 2 aromatic heterocycles. The van der Waals surface area contributed by atoms with Crippen molar-refractivity contribution in [3.63, 3.8) is 0 Å². The zero-order valence-corrected chi connectivity index (χ0v) is 12.0. The zero-order chi connectivity index (χ0) is 13.7. The average molecular weight is 261 g/mol. The van der Waals surface area contributed by atoms with Crippen LogP contribution in [-0.4, -0.2) is 46.0 Å². The minimum absolute atomic E-state index is 0.902. The highest BCUT2D eigenvalue weighted by Crippen LogP contribution is 2.19. The molecule has 0 aromatic carbocycles. The molecular formula is C14H23N5. The van der Waals surface area contributed by atoms with E-state index < -0.39 is 0 Å². The second-order valence-corrected chi connectivity index (χ2v) is 4.74. The third-order valence-corrected chi connectivity index (χ3v) is 3.40. The van der Waals surface area contributed by atoms with E-state index in [9.17, 15) is 0 Å². The number of aromatic nitrogens is 3. The van der Waals surface area contributed by atoms with Gasteiger partial charge >= 0.3 is 0 Å². The largest absolute Gasteiger partial charge is 0.369 e. The summed E-state index contributed by atoms with van der Waals surface area (Å²) in [6.07, 6.45) is 2.72. The van der Waals surface area contributed by atoms with E-state index in [1.807, 2.05) is 6.92 Å². The highest BCUT2D eigenvalue weighted by molar-refractivity contribution is 5.87. The molecule has 2 rings (SSSR count). The van der Waals surface area contributed by atoms with Crippen molar-refractivity contribution in [2.75, 3.05) is 31.5 Å². The summed E-state index contributed by atoms with van der Waals surface area (Å²) in [5, 5.41) is 4.48. The highest BCUT2D eigenvalue weighted by atomic mass is 15.1. The predicted molar refractivity (Wildman–Crippen MR) is 79.5 cm³/mol. The van der Waals surface area contributed by atoms with E-state index in [0.717, 1.165) is 55.1 Å². The lowest BCUT2D eigenvalue weighted by Crippen LogP contribution is -2.25. The smallest absolute Gasteiger partial charge is 0.143 e. The SMILES string of the molecule is CCN(CC)CCCNc1ncnc2[nH]c(C)cc12. The van der Waals surface area contributed by atoms with Crippen LogP contribution in [0.3, 0.4) is 0 Å². The quantitative estimate of drug-likeness (QED) is 0.752. The highest BCUT2D eigenvalue weighted by Gasteiger charge is 2.05. The van der Waals surface area contributed by atoms with E-state index >= 15 is 0 Å². The second-order valence-electron chi connectivity index (χ2n) is 4.74. The number of aryl methyl sites for hydroxylation is 1. The summed E-state index contributed by atoms with van der Waals surface area (Å²) in [6, 6.07) is 2.09. The minimum Gasteiger partial charge on any atom is -0.369 e. The summed E-state index contributed by atoms with van der Waals surface area (Å²) in [6.45, 7) is 10.7. The number of hydrogen-bond acceptors (Lipinski definition) is 4. The molecule has 0 atom stereocenters. The number of hydrogen-bond donors (Lipinski definition) is 2. The van der Waals surface area contributed by atoms with Gasteiger partial charge in [0.1, 0.15) is 17.8 Å². The maximum absolute atomic E-state index is 4.32. The Hall–Kier alpha value is -1.62. The Morgan fingerprint density at radius 3 is 2.79 bits per heavy atom. The van der Waals surface area contributed by atoms with Crippen molar-refractivity contribution in [3.8, 4) is 0 Å². The van der Waals surface area contributed by atoms with Gasteiger partial charge in [0.25, 0.3) is 0 Å². The van der Waals surface area contributed by atoms with Gasteiger partial charge in [-0.2, -0.15) is 0 Å². The summed E-state index contributed by atoms with van der Waals surface area (Å²) in [4.78, 5) is 14.2. The molecule has 0 spiro atoms. The zero-order valence-electron chi connectivity index (χ0n) is 12.0. The van der Waals surface area contributed by atoms with Gasteiger partial charge in [-0.3, -0.25) is 0 Å². The lowest BCUT2D eigenvalue weighted by atomic mass is 10.3. The first kappa shape index (κ1) is 13.8. The van der Waals surface area contributed by atoms with Gasteiger partial charge in [0.2, 0.25) is 0 Å². The summed E-state index contributed by atoms with van der Waals surface area (Å²) >= 11 is 0. The van der Waals surface area contributed by atoms with Crippen molar-refractivity contribution < 1.29 is 0 Å². The first-order valence-electron chi connectivity index (χ1n) is 7.01. The first-order chi connectivity index (χ1) is 9.24. The Labute approximate surface area is 114 Å². The Morgan fingerprint density at radius 1 is 1.26 bits per heavy atom. The average Bonchev–Trinajstić information content (AvgIpc) is 2.80. The number of fused-ring (bicyclic) bond motifs is 1. The lowest BCUT2D eigenvalue weighted by Gasteiger charge is -2.17. The number of anilines is 1. The van der Waals surface area contributed by atoms with Gasteiger partial charge in [0, 0.05) is 12.2 Å². The van der Waals surface area contributed by atoms with E-state index in [2.05, 4.69) is 45.1 Å². The van der Waals surface area contributed by atoms with Crippen molar-refractivity contribution in [2.45, 2.75) is 27.2 Å². The number of H-pyrrole nitrogens is 1. The van der Waals surface area contributed by atoms with Crippen molar-refractivity contribution in [3.05, 3.63) is 18.1 Å². The van der Waals surface area contributed by atoms with Crippen LogP contribution in [-0.2, 0) is 0 Å².